The number of aromatic nitrogens is 2. The van der Waals surface area contributed by atoms with Gasteiger partial charge in [-0.1, -0.05) is 6.07 Å². The standard InChI is InChI=1S/C15H18N4/c1-2-13(10-17-5-1)12-19-9-8-18-11-15(19)14-3-6-16-7-4-14/h1-7,10,15,18H,8-9,11-12H2. The summed E-state index contributed by atoms with van der Waals surface area (Å²) in [5.41, 5.74) is 2.59. The van der Waals surface area contributed by atoms with Crippen LogP contribution in [0.1, 0.15) is 17.2 Å². The molecule has 3 rings (SSSR count). The van der Waals surface area contributed by atoms with E-state index in [0.717, 1.165) is 26.2 Å². The molecule has 2 aromatic rings. The lowest BCUT2D eigenvalue weighted by atomic mass is 10.0. The van der Waals surface area contributed by atoms with Gasteiger partial charge in [0.15, 0.2) is 0 Å². The second-order valence-electron chi connectivity index (χ2n) is 4.83. The molecule has 1 atom stereocenters. The van der Waals surface area contributed by atoms with Gasteiger partial charge in [0, 0.05) is 57.0 Å². The largest absolute Gasteiger partial charge is 0.314 e. The second kappa shape index (κ2) is 5.91. The molecule has 0 aliphatic carbocycles. The van der Waals surface area contributed by atoms with Gasteiger partial charge in [-0.05, 0) is 29.3 Å². The van der Waals surface area contributed by atoms with Gasteiger partial charge in [-0.15, -0.1) is 0 Å². The van der Waals surface area contributed by atoms with Crippen LogP contribution in [0.15, 0.2) is 49.1 Å². The Morgan fingerprint density at radius 2 is 2.05 bits per heavy atom. The average molecular weight is 254 g/mol. The van der Waals surface area contributed by atoms with Gasteiger partial charge in [0.05, 0.1) is 0 Å². The molecule has 1 fully saturated rings. The first-order valence-corrected chi connectivity index (χ1v) is 6.67. The minimum absolute atomic E-state index is 0.414. The zero-order valence-corrected chi connectivity index (χ0v) is 10.9. The molecule has 3 heterocycles. The fourth-order valence-electron chi connectivity index (χ4n) is 2.58. The van der Waals surface area contributed by atoms with E-state index >= 15 is 0 Å². The Hall–Kier alpha value is -1.78. The smallest absolute Gasteiger partial charge is 0.0477 e. The zero-order chi connectivity index (χ0) is 12.9. The van der Waals surface area contributed by atoms with E-state index in [9.17, 15) is 0 Å². The first kappa shape index (κ1) is 12.3. The molecule has 98 valence electrons. The third-order valence-electron chi connectivity index (χ3n) is 3.55. The summed E-state index contributed by atoms with van der Waals surface area (Å²) < 4.78 is 0. The minimum Gasteiger partial charge on any atom is -0.314 e. The van der Waals surface area contributed by atoms with E-state index in [-0.39, 0.29) is 0 Å². The van der Waals surface area contributed by atoms with Crippen LogP contribution in [0.2, 0.25) is 0 Å². The molecule has 1 saturated heterocycles. The Bertz CT molecular complexity index is 500. The number of rotatable bonds is 3. The maximum atomic E-state index is 4.20. The van der Waals surface area contributed by atoms with Gasteiger partial charge in [0.25, 0.3) is 0 Å². The van der Waals surface area contributed by atoms with Crippen LogP contribution >= 0.6 is 0 Å². The summed E-state index contributed by atoms with van der Waals surface area (Å²) in [7, 11) is 0. The molecule has 1 aliphatic heterocycles. The van der Waals surface area contributed by atoms with E-state index in [2.05, 4.69) is 38.4 Å². The molecule has 2 aromatic heterocycles. The zero-order valence-electron chi connectivity index (χ0n) is 10.9. The average Bonchev–Trinajstić information content (AvgIpc) is 2.50. The lowest BCUT2D eigenvalue weighted by Crippen LogP contribution is -2.45. The van der Waals surface area contributed by atoms with Crippen molar-refractivity contribution in [1.82, 2.24) is 20.2 Å². The molecule has 0 bridgehead atoms. The summed E-state index contributed by atoms with van der Waals surface area (Å²) in [4.78, 5) is 10.8. The second-order valence-corrected chi connectivity index (χ2v) is 4.83. The predicted molar refractivity (Wildman–Crippen MR) is 74.5 cm³/mol. The molecule has 4 nitrogen and oxygen atoms in total. The predicted octanol–water partition coefficient (Wildman–Crippen LogP) is 1.62. The number of nitrogens with zero attached hydrogens (tertiary/aromatic N) is 3. The first-order chi connectivity index (χ1) is 9.43. The summed E-state index contributed by atoms with van der Waals surface area (Å²) in [5.74, 6) is 0. The minimum atomic E-state index is 0.414. The quantitative estimate of drug-likeness (QED) is 0.903. The number of piperazine rings is 1. The van der Waals surface area contributed by atoms with Crippen molar-refractivity contribution in [3.63, 3.8) is 0 Å². The van der Waals surface area contributed by atoms with Crippen molar-refractivity contribution in [2.24, 2.45) is 0 Å². The normalized spacial score (nSPS) is 20.3. The molecular formula is C15H18N4. The van der Waals surface area contributed by atoms with Crippen LogP contribution in [0.3, 0.4) is 0 Å². The van der Waals surface area contributed by atoms with Gasteiger partial charge in [-0.3, -0.25) is 14.9 Å². The molecule has 4 heteroatoms. The molecule has 0 spiro atoms. The SMILES string of the molecule is c1cncc(CN2CCNCC2c2ccncc2)c1. The molecule has 0 amide bonds. The summed E-state index contributed by atoms with van der Waals surface area (Å²) in [5, 5.41) is 3.47. The molecule has 1 N–H and O–H groups in total. The first-order valence-electron chi connectivity index (χ1n) is 6.67. The summed E-state index contributed by atoms with van der Waals surface area (Å²) in [6.45, 7) is 4.04. The van der Waals surface area contributed by atoms with Crippen LogP contribution in [0.5, 0.6) is 0 Å². The van der Waals surface area contributed by atoms with E-state index in [0.29, 0.717) is 6.04 Å². The third-order valence-corrected chi connectivity index (χ3v) is 3.55. The summed E-state index contributed by atoms with van der Waals surface area (Å²) in [6.07, 6.45) is 7.51. The third kappa shape index (κ3) is 2.97. The van der Waals surface area contributed by atoms with Crippen molar-refractivity contribution < 1.29 is 0 Å². The van der Waals surface area contributed by atoms with Crippen molar-refractivity contribution in [1.29, 1.82) is 0 Å². The highest BCUT2D eigenvalue weighted by atomic mass is 15.2. The fraction of sp³-hybridized carbons (Fsp3) is 0.333. The molecule has 0 saturated carbocycles. The summed E-state index contributed by atoms with van der Waals surface area (Å²) >= 11 is 0. The highest BCUT2D eigenvalue weighted by Gasteiger charge is 2.23. The van der Waals surface area contributed by atoms with E-state index in [1.54, 1.807) is 0 Å². The lowest BCUT2D eigenvalue weighted by Gasteiger charge is -2.36. The molecule has 0 aromatic carbocycles. The monoisotopic (exact) mass is 254 g/mol. The molecule has 1 unspecified atom stereocenters. The number of hydrogen-bond acceptors (Lipinski definition) is 4. The highest BCUT2D eigenvalue weighted by molar-refractivity contribution is 5.18. The van der Waals surface area contributed by atoms with Crippen LogP contribution in [0.4, 0.5) is 0 Å². The number of nitrogens with one attached hydrogen (secondary N) is 1. The lowest BCUT2D eigenvalue weighted by molar-refractivity contribution is 0.153. The van der Waals surface area contributed by atoms with Crippen LogP contribution in [0.25, 0.3) is 0 Å². The Balaban J connectivity index is 1.78. The molecule has 1 aliphatic rings. The molecule has 19 heavy (non-hydrogen) atoms. The van der Waals surface area contributed by atoms with Crippen LogP contribution in [-0.2, 0) is 6.54 Å². The van der Waals surface area contributed by atoms with Gasteiger partial charge < -0.3 is 5.32 Å². The molecular weight excluding hydrogens is 236 g/mol. The maximum absolute atomic E-state index is 4.20. The Kier molecular flexibility index (Phi) is 3.81. The Labute approximate surface area is 113 Å². The van der Waals surface area contributed by atoms with Crippen LogP contribution < -0.4 is 5.32 Å². The van der Waals surface area contributed by atoms with Gasteiger partial charge >= 0.3 is 0 Å². The fourth-order valence-corrected chi connectivity index (χ4v) is 2.58. The van der Waals surface area contributed by atoms with Gasteiger partial charge in [-0.2, -0.15) is 0 Å². The van der Waals surface area contributed by atoms with Crippen LogP contribution in [0, 0.1) is 0 Å². The number of pyridine rings is 2. The van der Waals surface area contributed by atoms with Crippen molar-refractivity contribution in [3.8, 4) is 0 Å². The van der Waals surface area contributed by atoms with Gasteiger partial charge in [0.1, 0.15) is 0 Å². The molecule has 0 radical (unpaired) electrons. The van der Waals surface area contributed by atoms with Crippen molar-refractivity contribution >= 4 is 0 Å². The van der Waals surface area contributed by atoms with E-state index < -0.39 is 0 Å². The summed E-state index contributed by atoms with van der Waals surface area (Å²) in [6, 6.07) is 8.76. The Morgan fingerprint density at radius 3 is 2.84 bits per heavy atom. The van der Waals surface area contributed by atoms with E-state index in [4.69, 9.17) is 0 Å². The van der Waals surface area contributed by atoms with Crippen LogP contribution in [-0.4, -0.2) is 34.5 Å². The van der Waals surface area contributed by atoms with Crippen molar-refractivity contribution in [2.45, 2.75) is 12.6 Å². The maximum Gasteiger partial charge on any atom is 0.0477 e. The van der Waals surface area contributed by atoms with E-state index in [1.165, 1.54) is 11.1 Å². The topological polar surface area (TPSA) is 41.1 Å². The van der Waals surface area contributed by atoms with Crippen molar-refractivity contribution in [3.05, 3.63) is 60.2 Å². The van der Waals surface area contributed by atoms with Crippen molar-refractivity contribution in [2.75, 3.05) is 19.6 Å². The Morgan fingerprint density at radius 1 is 1.16 bits per heavy atom. The van der Waals surface area contributed by atoms with Gasteiger partial charge in [-0.25, -0.2) is 0 Å². The highest BCUT2D eigenvalue weighted by Crippen LogP contribution is 2.23. The van der Waals surface area contributed by atoms with Gasteiger partial charge in [0.2, 0.25) is 0 Å². The number of hydrogen-bond donors (Lipinski definition) is 1. The van der Waals surface area contributed by atoms with E-state index in [1.807, 2.05) is 30.9 Å².